The van der Waals surface area contributed by atoms with Crippen molar-refractivity contribution in [2.45, 2.75) is 31.8 Å². The van der Waals surface area contributed by atoms with Crippen molar-refractivity contribution in [3.63, 3.8) is 0 Å². The summed E-state index contributed by atoms with van der Waals surface area (Å²) < 4.78 is 11.2. The van der Waals surface area contributed by atoms with Gasteiger partial charge in [0.25, 0.3) is 5.91 Å². The molecule has 0 bridgehead atoms. The summed E-state index contributed by atoms with van der Waals surface area (Å²) in [7, 11) is 1.65. The Bertz CT molecular complexity index is 704. The van der Waals surface area contributed by atoms with Gasteiger partial charge in [0.05, 0.1) is 13.2 Å². The number of phenolic OH excluding ortho intramolecular Hbond substituents is 1. The van der Waals surface area contributed by atoms with Crippen molar-refractivity contribution >= 4 is 5.91 Å². The van der Waals surface area contributed by atoms with E-state index in [-0.39, 0.29) is 17.8 Å². The maximum Gasteiger partial charge on any atom is 0.251 e. The summed E-state index contributed by atoms with van der Waals surface area (Å²) in [5.41, 5.74) is 0.569. The topological polar surface area (TPSA) is 67.8 Å². The molecule has 1 saturated carbocycles. The van der Waals surface area contributed by atoms with Crippen LogP contribution in [0.5, 0.6) is 17.2 Å². The van der Waals surface area contributed by atoms with E-state index < -0.39 is 0 Å². The summed E-state index contributed by atoms with van der Waals surface area (Å²) in [4.78, 5) is 12.1. The van der Waals surface area contributed by atoms with Gasteiger partial charge in [-0.05, 0) is 80.1 Å². The summed E-state index contributed by atoms with van der Waals surface area (Å²) in [6, 6.07) is 14.0. The number of nitrogens with one attached hydrogen (secondary N) is 1. The molecule has 138 valence electrons. The zero-order valence-corrected chi connectivity index (χ0v) is 15.0. The Kier molecular flexibility index (Phi) is 6.00. The van der Waals surface area contributed by atoms with Gasteiger partial charge < -0.3 is 19.9 Å². The minimum Gasteiger partial charge on any atom is -0.508 e. The van der Waals surface area contributed by atoms with Crippen molar-refractivity contribution in [2.24, 2.45) is 5.92 Å². The lowest BCUT2D eigenvalue weighted by atomic mass is 9.87. The second-order valence-corrected chi connectivity index (χ2v) is 6.69. The first-order valence-corrected chi connectivity index (χ1v) is 9.02. The average Bonchev–Trinajstić information content (AvgIpc) is 2.68. The van der Waals surface area contributed by atoms with Crippen LogP contribution in [0.15, 0.2) is 48.5 Å². The molecule has 0 aromatic heterocycles. The van der Waals surface area contributed by atoms with Crippen LogP contribution in [0, 0.1) is 5.92 Å². The maximum absolute atomic E-state index is 12.1. The smallest absolute Gasteiger partial charge is 0.251 e. The number of phenols is 1. The van der Waals surface area contributed by atoms with Gasteiger partial charge in [-0.2, -0.15) is 0 Å². The van der Waals surface area contributed by atoms with Crippen LogP contribution >= 0.6 is 0 Å². The minimum atomic E-state index is -0.0957. The zero-order chi connectivity index (χ0) is 18.4. The third kappa shape index (κ3) is 4.91. The van der Waals surface area contributed by atoms with E-state index in [2.05, 4.69) is 5.32 Å². The Labute approximate surface area is 153 Å². The summed E-state index contributed by atoms with van der Waals surface area (Å²) in [5.74, 6) is 2.24. The molecule has 1 aliphatic rings. The first-order chi connectivity index (χ1) is 12.6. The van der Waals surface area contributed by atoms with Crippen LogP contribution in [0.25, 0.3) is 0 Å². The monoisotopic (exact) mass is 355 g/mol. The molecule has 0 aliphatic heterocycles. The Morgan fingerprint density at radius 3 is 2.23 bits per heavy atom. The molecule has 0 unspecified atom stereocenters. The average molecular weight is 355 g/mol. The quantitative estimate of drug-likeness (QED) is 0.828. The molecule has 5 nitrogen and oxygen atoms in total. The second-order valence-electron chi connectivity index (χ2n) is 6.69. The SMILES string of the molecule is COc1ccc(O[C@H]2CC[C@@H](CNC(=O)c3ccc(O)cc3)CC2)cc1. The van der Waals surface area contributed by atoms with Gasteiger partial charge in [0.2, 0.25) is 0 Å². The van der Waals surface area contributed by atoms with Gasteiger partial charge in [0.15, 0.2) is 0 Å². The normalized spacial score (nSPS) is 19.6. The van der Waals surface area contributed by atoms with E-state index in [1.807, 2.05) is 24.3 Å². The summed E-state index contributed by atoms with van der Waals surface area (Å²) in [5, 5.41) is 12.3. The summed E-state index contributed by atoms with van der Waals surface area (Å²) >= 11 is 0. The minimum absolute atomic E-state index is 0.0957. The Hall–Kier alpha value is -2.69. The van der Waals surface area contributed by atoms with Gasteiger partial charge in [0.1, 0.15) is 17.2 Å². The largest absolute Gasteiger partial charge is 0.508 e. The lowest BCUT2D eigenvalue weighted by Crippen LogP contribution is -2.33. The maximum atomic E-state index is 12.1. The molecule has 2 aromatic carbocycles. The van der Waals surface area contributed by atoms with Crippen molar-refractivity contribution in [2.75, 3.05) is 13.7 Å². The Balaban J connectivity index is 1.40. The third-order valence-corrected chi connectivity index (χ3v) is 4.84. The second kappa shape index (κ2) is 8.61. The highest BCUT2D eigenvalue weighted by atomic mass is 16.5. The standard InChI is InChI=1S/C21H25NO4/c1-25-18-10-12-20(13-11-18)26-19-8-2-15(3-9-19)14-22-21(24)16-4-6-17(23)7-5-16/h4-7,10-13,15,19,23H,2-3,8-9,14H2,1H3,(H,22,24)/t15-,19+. The van der Waals surface area contributed by atoms with E-state index in [0.717, 1.165) is 37.2 Å². The van der Waals surface area contributed by atoms with Crippen LogP contribution in [0.2, 0.25) is 0 Å². The number of benzene rings is 2. The predicted octanol–water partition coefficient (Wildman–Crippen LogP) is 3.77. The fourth-order valence-corrected chi connectivity index (χ4v) is 3.25. The zero-order valence-electron chi connectivity index (χ0n) is 15.0. The molecule has 0 spiro atoms. The van der Waals surface area contributed by atoms with E-state index >= 15 is 0 Å². The number of amides is 1. The Morgan fingerprint density at radius 1 is 1.00 bits per heavy atom. The van der Waals surface area contributed by atoms with Gasteiger partial charge >= 0.3 is 0 Å². The number of carbonyl (C=O) groups is 1. The number of ether oxygens (including phenoxy) is 2. The van der Waals surface area contributed by atoms with Crippen molar-refractivity contribution in [3.05, 3.63) is 54.1 Å². The lowest BCUT2D eigenvalue weighted by molar-refractivity contribution is 0.0928. The van der Waals surface area contributed by atoms with Gasteiger partial charge in [-0.1, -0.05) is 0 Å². The molecule has 5 heteroatoms. The van der Waals surface area contributed by atoms with E-state index in [9.17, 15) is 9.90 Å². The molecule has 2 N–H and O–H groups in total. The van der Waals surface area contributed by atoms with Crippen molar-refractivity contribution in [1.29, 1.82) is 0 Å². The van der Waals surface area contributed by atoms with Crippen molar-refractivity contribution in [1.82, 2.24) is 5.32 Å². The molecule has 0 saturated heterocycles. The first-order valence-electron chi connectivity index (χ1n) is 9.02. The summed E-state index contributed by atoms with van der Waals surface area (Å²) in [6.45, 7) is 0.676. The Morgan fingerprint density at radius 2 is 1.62 bits per heavy atom. The van der Waals surface area contributed by atoms with Crippen LogP contribution < -0.4 is 14.8 Å². The van der Waals surface area contributed by atoms with E-state index in [1.165, 1.54) is 12.1 Å². The van der Waals surface area contributed by atoms with Crippen molar-refractivity contribution < 1.29 is 19.4 Å². The highest BCUT2D eigenvalue weighted by Gasteiger charge is 2.23. The molecule has 0 radical (unpaired) electrons. The van der Waals surface area contributed by atoms with Gasteiger partial charge in [-0.25, -0.2) is 0 Å². The highest BCUT2D eigenvalue weighted by molar-refractivity contribution is 5.94. The predicted molar refractivity (Wildman–Crippen MR) is 99.8 cm³/mol. The molecule has 2 aromatic rings. The van der Waals surface area contributed by atoms with E-state index in [0.29, 0.717) is 18.0 Å². The van der Waals surface area contributed by atoms with E-state index in [4.69, 9.17) is 9.47 Å². The number of carbonyl (C=O) groups excluding carboxylic acids is 1. The molecule has 1 fully saturated rings. The number of methoxy groups -OCH3 is 1. The molecule has 26 heavy (non-hydrogen) atoms. The van der Waals surface area contributed by atoms with Crippen LogP contribution in [-0.2, 0) is 0 Å². The molecule has 1 amide bonds. The lowest BCUT2D eigenvalue weighted by Gasteiger charge is -2.29. The molecule has 3 rings (SSSR count). The number of hydrogen-bond acceptors (Lipinski definition) is 4. The molecule has 0 heterocycles. The van der Waals surface area contributed by atoms with Gasteiger partial charge in [0, 0.05) is 12.1 Å². The molecular weight excluding hydrogens is 330 g/mol. The number of aromatic hydroxyl groups is 1. The molecule has 0 atom stereocenters. The third-order valence-electron chi connectivity index (χ3n) is 4.84. The molecule has 1 aliphatic carbocycles. The fraction of sp³-hybridized carbons (Fsp3) is 0.381. The van der Waals surface area contributed by atoms with E-state index in [1.54, 1.807) is 19.2 Å². The van der Waals surface area contributed by atoms with Crippen molar-refractivity contribution in [3.8, 4) is 17.2 Å². The van der Waals surface area contributed by atoms with Crippen LogP contribution in [0.1, 0.15) is 36.0 Å². The van der Waals surface area contributed by atoms with Gasteiger partial charge in [-0.15, -0.1) is 0 Å². The van der Waals surface area contributed by atoms with Crippen LogP contribution in [-0.4, -0.2) is 30.8 Å². The molecular formula is C21H25NO4. The van der Waals surface area contributed by atoms with Gasteiger partial charge in [-0.3, -0.25) is 4.79 Å². The summed E-state index contributed by atoms with van der Waals surface area (Å²) in [6.07, 6.45) is 4.29. The fourth-order valence-electron chi connectivity index (χ4n) is 3.25. The van der Waals surface area contributed by atoms with Crippen LogP contribution in [0.3, 0.4) is 0 Å². The number of rotatable bonds is 6. The number of hydrogen-bond donors (Lipinski definition) is 2. The highest BCUT2D eigenvalue weighted by Crippen LogP contribution is 2.28. The first kappa shape index (κ1) is 18.1. The van der Waals surface area contributed by atoms with Crippen LogP contribution in [0.4, 0.5) is 0 Å².